The number of Topliss-reactive ketones (excluding diaryl/α,β-unsaturated/α-hetero) is 1. The van der Waals surface area contributed by atoms with Crippen molar-refractivity contribution in [3.05, 3.63) is 50.0 Å². The van der Waals surface area contributed by atoms with Crippen molar-refractivity contribution < 1.29 is 14.5 Å². The molecule has 1 aromatic carbocycles. The summed E-state index contributed by atoms with van der Waals surface area (Å²) in [7, 11) is 0. The van der Waals surface area contributed by atoms with Crippen LogP contribution < -0.4 is 4.74 Å². The smallest absolute Gasteiger partial charge is 0.270 e. The van der Waals surface area contributed by atoms with Crippen molar-refractivity contribution in [2.24, 2.45) is 0 Å². The summed E-state index contributed by atoms with van der Waals surface area (Å²) in [5.74, 6) is 0.109. The predicted octanol–water partition coefficient (Wildman–Crippen LogP) is 3.18. The normalized spacial score (nSPS) is 10.4. The number of carbonyl (C=O) groups excluding carboxylic acids is 1. The molecule has 0 atom stereocenters. The number of nitro benzene ring substituents is 1. The minimum atomic E-state index is -0.531. The maximum absolute atomic E-state index is 11.6. The summed E-state index contributed by atoms with van der Waals surface area (Å²) < 4.78 is 5.60. The van der Waals surface area contributed by atoms with Crippen LogP contribution in [0.3, 0.4) is 0 Å². The van der Waals surface area contributed by atoms with Gasteiger partial charge in [-0.15, -0.1) is 11.3 Å². The molecule has 0 saturated heterocycles. The van der Waals surface area contributed by atoms with Crippen LogP contribution in [-0.2, 0) is 6.42 Å². The summed E-state index contributed by atoms with van der Waals surface area (Å²) in [6.45, 7) is 3.68. The van der Waals surface area contributed by atoms with Gasteiger partial charge in [0.2, 0.25) is 0 Å². The average Bonchev–Trinajstić information content (AvgIpc) is 2.84. The van der Waals surface area contributed by atoms with Crippen molar-refractivity contribution in [3.63, 3.8) is 0 Å². The van der Waals surface area contributed by atoms with Gasteiger partial charge in [-0.1, -0.05) is 0 Å². The van der Waals surface area contributed by atoms with Gasteiger partial charge in [0, 0.05) is 23.4 Å². The minimum Gasteiger partial charge on any atom is -0.492 e. The molecule has 2 rings (SSSR count). The van der Waals surface area contributed by atoms with Gasteiger partial charge in [0.25, 0.3) is 5.69 Å². The van der Waals surface area contributed by atoms with Crippen LogP contribution in [-0.4, -0.2) is 22.3 Å². The molecule has 6 nitrogen and oxygen atoms in total. The first kappa shape index (κ1) is 15.1. The molecule has 0 bridgehead atoms. The van der Waals surface area contributed by atoms with E-state index in [4.69, 9.17) is 4.74 Å². The zero-order valence-corrected chi connectivity index (χ0v) is 12.5. The number of benzene rings is 1. The van der Waals surface area contributed by atoms with E-state index in [1.165, 1.54) is 25.1 Å². The topological polar surface area (TPSA) is 82.3 Å². The zero-order chi connectivity index (χ0) is 15.4. The third-order valence-electron chi connectivity index (χ3n) is 2.98. The highest BCUT2D eigenvalue weighted by molar-refractivity contribution is 7.09. The summed E-state index contributed by atoms with van der Waals surface area (Å²) in [6, 6.07) is 4.05. The fourth-order valence-corrected chi connectivity index (χ4v) is 2.61. The molecule has 0 saturated carbocycles. The first-order chi connectivity index (χ1) is 9.99. The van der Waals surface area contributed by atoms with Crippen LogP contribution in [0.15, 0.2) is 23.7 Å². The van der Waals surface area contributed by atoms with E-state index in [2.05, 4.69) is 4.98 Å². The molecule has 0 fully saturated rings. The van der Waals surface area contributed by atoms with Gasteiger partial charge in [-0.25, -0.2) is 4.98 Å². The van der Waals surface area contributed by atoms with Crippen LogP contribution in [0.25, 0.3) is 0 Å². The number of aryl methyl sites for hydroxylation is 1. The third-order valence-corrected chi connectivity index (χ3v) is 3.98. The number of nitro groups is 1. The van der Waals surface area contributed by atoms with E-state index >= 15 is 0 Å². The van der Waals surface area contributed by atoms with Gasteiger partial charge < -0.3 is 4.74 Å². The standard InChI is InChI=1S/C14H14N2O4S/c1-9-14(21-8-15-9)5-6-20-13-4-3-11(16(18)19)7-12(13)10(2)17/h3-4,7-8H,5-6H2,1-2H3. The number of carbonyl (C=O) groups is 1. The largest absolute Gasteiger partial charge is 0.492 e. The second-order valence-electron chi connectivity index (χ2n) is 4.45. The Balaban J connectivity index is 2.10. The highest BCUT2D eigenvalue weighted by atomic mass is 32.1. The van der Waals surface area contributed by atoms with Gasteiger partial charge in [0.05, 0.1) is 28.3 Å². The van der Waals surface area contributed by atoms with Crippen molar-refractivity contribution >= 4 is 22.8 Å². The molecule has 0 aliphatic carbocycles. The van der Waals surface area contributed by atoms with E-state index < -0.39 is 4.92 Å². The molecule has 0 radical (unpaired) electrons. The second-order valence-corrected chi connectivity index (χ2v) is 5.39. The number of hydrogen-bond donors (Lipinski definition) is 0. The lowest BCUT2D eigenvalue weighted by molar-refractivity contribution is -0.384. The molecule has 1 aromatic heterocycles. The number of aromatic nitrogens is 1. The first-order valence-electron chi connectivity index (χ1n) is 6.30. The van der Waals surface area contributed by atoms with Gasteiger partial charge in [-0.05, 0) is 19.9 Å². The van der Waals surface area contributed by atoms with Gasteiger partial charge >= 0.3 is 0 Å². The van der Waals surface area contributed by atoms with Gasteiger partial charge in [-0.2, -0.15) is 0 Å². The van der Waals surface area contributed by atoms with Crippen molar-refractivity contribution in [2.75, 3.05) is 6.61 Å². The van der Waals surface area contributed by atoms with Crippen LogP contribution >= 0.6 is 11.3 Å². The lowest BCUT2D eigenvalue weighted by atomic mass is 10.1. The molecule has 110 valence electrons. The summed E-state index contributed by atoms with van der Waals surface area (Å²) in [5, 5.41) is 10.7. The molecule has 0 spiro atoms. The SMILES string of the molecule is CC(=O)c1cc([N+](=O)[O-])ccc1OCCc1scnc1C. The van der Waals surface area contributed by atoms with Gasteiger partial charge in [0.1, 0.15) is 5.75 Å². The highest BCUT2D eigenvalue weighted by Gasteiger charge is 2.15. The molecule has 0 aliphatic rings. The Morgan fingerprint density at radius 3 is 2.81 bits per heavy atom. The molecule has 7 heteroatoms. The summed E-state index contributed by atoms with van der Waals surface area (Å²) >= 11 is 1.55. The fraction of sp³-hybridized carbons (Fsp3) is 0.286. The molecular formula is C14H14N2O4S. The van der Waals surface area contributed by atoms with E-state index in [-0.39, 0.29) is 17.0 Å². The lowest BCUT2D eigenvalue weighted by Crippen LogP contribution is -2.06. The molecule has 21 heavy (non-hydrogen) atoms. The van der Waals surface area contributed by atoms with E-state index in [1.807, 2.05) is 6.92 Å². The molecule has 2 aromatic rings. The van der Waals surface area contributed by atoms with E-state index in [1.54, 1.807) is 16.8 Å². The van der Waals surface area contributed by atoms with Gasteiger partial charge in [0.15, 0.2) is 5.78 Å². The maximum atomic E-state index is 11.6. The fourth-order valence-electron chi connectivity index (χ4n) is 1.85. The summed E-state index contributed by atoms with van der Waals surface area (Å²) in [6.07, 6.45) is 0.685. The molecule has 1 heterocycles. The number of thiazole rings is 1. The van der Waals surface area contributed by atoms with Crippen molar-refractivity contribution in [2.45, 2.75) is 20.3 Å². The summed E-state index contributed by atoms with van der Waals surface area (Å²) in [4.78, 5) is 27.1. The average molecular weight is 306 g/mol. The minimum absolute atomic E-state index is 0.120. The van der Waals surface area contributed by atoms with Crippen molar-refractivity contribution in [1.29, 1.82) is 0 Å². The maximum Gasteiger partial charge on any atom is 0.270 e. The Morgan fingerprint density at radius 2 is 2.24 bits per heavy atom. The van der Waals surface area contributed by atoms with E-state index in [0.29, 0.717) is 18.8 Å². The molecule has 0 N–H and O–H groups in total. The summed E-state index contributed by atoms with van der Waals surface area (Å²) in [5.41, 5.74) is 2.85. The monoisotopic (exact) mass is 306 g/mol. The Morgan fingerprint density at radius 1 is 1.48 bits per heavy atom. The zero-order valence-electron chi connectivity index (χ0n) is 11.7. The van der Waals surface area contributed by atoms with Crippen LogP contribution in [0, 0.1) is 17.0 Å². The number of rotatable bonds is 6. The third kappa shape index (κ3) is 3.63. The first-order valence-corrected chi connectivity index (χ1v) is 7.18. The number of non-ortho nitro benzene ring substituents is 1. The second kappa shape index (κ2) is 6.45. The highest BCUT2D eigenvalue weighted by Crippen LogP contribution is 2.25. The van der Waals surface area contributed by atoms with Crippen molar-refractivity contribution in [1.82, 2.24) is 4.98 Å². The van der Waals surface area contributed by atoms with E-state index in [0.717, 1.165) is 10.6 Å². The Hall–Kier alpha value is -2.28. The predicted molar refractivity (Wildman–Crippen MR) is 79.2 cm³/mol. The Kier molecular flexibility index (Phi) is 4.64. The molecule has 0 aliphatic heterocycles. The van der Waals surface area contributed by atoms with Gasteiger partial charge in [-0.3, -0.25) is 14.9 Å². The number of nitrogens with zero attached hydrogens (tertiary/aromatic N) is 2. The van der Waals surface area contributed by atoms with Crippen LogP contribution in [0.2, 0.25) is 0 Å². The molecule has 0 amide bonds. The van der Waals surface area contributed by atoms with Crippen LogP contribution in [0.5, 0.6) is 5.75 Å². The van der Waals surface area contributed by atoms with Crippen LogP contribution in [0.4, 0.5) is 5.69 Å². The van der Waals surface area contributed by atoms with Crippen molar-refractivity contribution in [3.8, 4) is 5.75 Å². The Bertz CT molecular complexity index is 681. The number of ether oxygens (including phenoxy) is 1. The van der Waals surface area contributed by atoms with E-state index in [9.17, 15) is 14.9 Å². The number of hydrogen-bond acceptors (Lipinski definition) is 6. The molecule has 0 unspecified atom stereocenters. The quantitative estimate of drug-likeness (QED) is 0.465. The number of ketones is 1. The lowest BCUT2D eigenvalue weighted by Gasteiger charge is -2.09. The molecular weight excluding hydrogens is 292 g/mol. The van der Waals surface area contributed by atoms with Crippen LogP contribution in [0.1, 0.15) is 27.9 Å². The Labute approximate surface area is 125 Å².